The van der Waals surface area contributed by atoms with Crippen LogP contribution in [0.4, 0.5) is 4.79 Å². The molecule has 18 nitrogen and oxygen atoms in total. The molecule has 0 bridgehead atoms. The minimum Gasteiger partial charge on any atom is -0.455 e. The van der Waals surface area contributed by atoms with Crippen molar-refractivity contribution in [1.29, 1.82) is 0 Å². The fourth-order valence-electron chi connectivity index (χ4n) is 10.5. The van der Waals surface area contributed by atoms with Crippen LogP contribution in [-0.2, 0) is 63.3 Å². The summed E-state index contributed by atoms with van der Waals surface area (Å²) in [5.74, 6) is -2.94. The first-order chi connectivity index (χ1) is 37.1. The molecule has 0 saturated carbocycles. The summed E-state index contributed by atoms with van der Waals surface area (Å²) in [4.78, 5) is 68.6. The number of carbonyl (C=O) groups is 5. The molecular formula is C58H64N2O16Si. The van der Waals surface area contributed by atoms with Crippen molar-refractivity contribution >= 4 is 48.5 Å². The first kappa shape index (κ1) is 55.1. The number of imide groups is 1. The third-order valence-corrected chi connectivity index (χ3v) is 19.0. The normalized spacial score (nSPS) is 26.3. The number of carbonyl (C=O) groups excluding carboxylic acids is 5. The molecular weight excluding hydrogens is 1010 g/mol. The Morgan fingerprint density at radius 1 is 0.701 bits per heavy atom. The number of aliphatic hydroxyl groups excluding tert-OH is 1. The van der Waals surface area contributed by atoms with E-state index in [1.807, 2.05) is 121 Å². The molecule has 0 aliphatic carbocycles. The molecule has 19 heteroatoms. The molecule has 3 saturated heterocycles. The molecule has 77 heavy (non-hydrogen) atoms. The number of amides is 3. The van der Waals surface area contributed by atoms with E-state index in [0.717, 1.165) is 20.8 Å². The van der Waals surface area contributed by atoms with Crippen LogP contribution in [0.5, 0.6) is 0 Å². The summed E-state index contributed by atoms with van der Waals surface area (Å²) in [6, 6.07) is 42.7. The Hall–Kier alpha value is -6.65. The zero-order valence-corrected chi connectivity index (χ0v) is 44.5. The van der Waals surface area contributed by atoms with Gasteiger partial charge in [0, 0.05) is 26.0 Å². The highest BCUT2D eigenvalue weighted by molar-refractivity contribution is 6.99. The number of benzene rings is 5. The lowest BCUT2D eigenvalue weighted by atomic mass is 9.94. The molecule has 5 aromatic rings. The average Bonchev–Trinajstić information content (AvgIpc) is 3.78. The lowest BCUT2D eigenvalue weighted by Gasteiger charge is -2.51. The second kappa shape index (κ2) is 24.3. The first-order valence-corrected chi connectivity index (χ1v) is 27.6. The number of fused-ring (bicyclic) bond motifs is 2. The number of esters is 2. The van der Waals surface area contributed by atoms with E-state index in [4.69, 9.17) is 47.1 Å². The minimum atomic E-state index is -3.38. The lowest BCUT2D eigenvalue weighted by Crippen LogP contribution is -2.71. The number of ether oxygens (including phenoxy) is 9. The van der Waals surface area contributed by atoms with Crippen LogP contribution in [-0.4, -0.2) is 136 Å². The lowest BCUT2D eigenvalue weighted by molar-refractivity contribution is -0.382. The number of nitrogens with zero attached hydrogens (tertiary/aromatic N) is 1. The number of rotatable bonds is 18. The van der Waals surface area contributed by atoms with Crippen LogP contribution in [0.15, 0.2) is 146 Å². The number of hydrogen-bond acceptors (Lipinski definition) is 16. The maximum Gasteiger partial charge on any atom is 0.407 e. The number of aliphatic hydroxyl groups is 1. The van der Waals surface area contributed by atoms with Gasteiger partial charge in [0.25, 0.3) is 20.1 Å². The Labute approximate surface area is 447 Å². The fraction of sp³-hybridized carbons (Fsp3) is 0.397. The largest absolute Gasteiger partial charge is 0.455 e. The van der Waals surface area contributed by atoms with E-state index < -0.39 is 111 Å². The highest BCUT2D eigenvalue weighted by Crippen LogP contribution is 2.42. The summed E-state index contributed by atoms with van der Waals surface area (Å²) in [7, 11) is -3.38. The van der Waals surface area contributed by atoms with Gasteiger partial charge in [0.1, 0.15) is 43.2 Å². The molecule has 0 spiro atoms. The van der Waals surface area contributed by atoms with Crippen LogP contribution in [0, 0.1) is 0 Å². The van der Waals surface area contributed by atoms with Crippen molar-refractivity contribution < 1.29 is 76.1 Å². The van der Waals surface area contributed by atoms with Crippen LogP contribution in [0.3, 0.4) is 0 Å². The van der Waals surface area contributed by atoms with Crippen LogP contribution in [0.25, 0.3) is 0 Å². The molecule has 406 valence electrons. The van der Waals surface area contributed by atoms with E-state index in [9.17, 15) is 29.1 Å². The third-order valence-electron chi connectivity index (χ3n) is 14.0. The molecule has 3 fully saturated rings. The van der Waals surface area contributed by atoms with E-state index in [0.29, 0.717) is 5.56 Å². The molecule has 4 aliphatic rings. The highest BCUT2D eigenvalue weighted by Gasteiger charge is 2.60. The van der Waals surface area contributed by atoms with Gasteiger partial charge in [0.2, 0.25) is 0 Å². The van der Waals surface area contributed by atoms with Gasteiger partial charge in [0.05, 0.1) is 30.9 Å². The topological polar surface area (TPSA) is 213 Å². The summed E-state index contributed by atoms with van der Waals surface area (Å²) >= 11 is 0. The number of alkyl carbamates (subject to hydrolysis) is 1. The Balaban J connectivity index is 1.07. The van der Waals surface area contributed by atoms with Crippen molar-refractivity contribution in [2.75, 3.05) is 26.4 Å². The molecule has 4 heterocycles. The van der Waals surface area contributed by atoms with Gasteiger partial charge >= 0.3 is 18.0 Å². The van der Waals surface area contributed by atoms with Crippen LogP contribution in [0.1, 0.15) is 79.2 Å². The molecule has 1 unspecified atom stereocenters. The average molecular weight is 1070 g/mol. The molecule has 5 aromatic carbocycles. The van der Waals surface area contributed by atoms with Crippen LogP contribution >= 0.6 is 0 Å². The van der Waals surface area contributed by atoms with Gasteiger partial charge in [-0.1, -0.05) is 154 Å². The van der Waals surface area contributed by atoms with Gasteiger partial charge in [-0.05, 0) is 39.5 Å². The third kappa shape index (κ3) is 12.1. The highest BCUT2D eigenvalue weighted by atomic mass is 28.4. The maximum atomic E-state index is 14.5. The van der Waals surface area contributed by atoms with Gasteiger partial charge < -0.3 is 57.5 Å². The summed E-state index contributed by atoms with van der Waals surface area (Å²) in [6.07, 6.45) is -14.1. The van der Waals surface area contributed by atoms with Crippen molar-refractivity contribution in [1.82, 2.24) is 10.2 Å². The molecule has 2 N–H and O–H groups in total. The molecule has 9 rings (SSSR count). The Morgan fingerprint density at radius 3 is 1.84 bits per heavy atom. The van der Waals surface area contributed by atoms with Crippen molar-refractivity contribution in [2.45, 2.75) is 120 Å². The van der Waals surface area contributed by atoms with Crippen molar-refractivity contribution in [2.24, 2.45) is 0 Å². The van der Waals surface area contributed by atoms with Gasteiger partial charge in [-0.3, -0.25) is 24.1 Å². The Kier molecular flexibility index (Phi) is 17.4. The standard InChI is InChI=1S/C58H64N2O16Si/c1-36(61)71-50-49-44(34-68-54(76-49)39-23-12-7-13-24-39)74-56(51(50)72-37(2)62)75-48-45(35-70-77(58(3,4)5,40-25-14-8-15-26-40)41-27-16-9-17-28-41)73-55(67-32-20-31-59-57(66)69-33-38-21-10-6-11-22-38)46(47(48)63)60-52(64)42-29-18-19-30-43(42)53(60)65/h6-19,21-30,44-51,54-56,63H,20,31-35H2,1-5H3,(H,59,66)/t44-,45-,46-,47-,48-,49+,50+,51-,54?,55-,56+/m1/s1. The van der Waals surface area contributed by atoms with Gasteiger partial charge in [0.15, 0.2) is 31.1 Å². The maximum absolute atomic E-state index is 14.5. The van der Waals surface area contributed by atoms with E-state index in [1.54, 1.807) is 12.1 Å². The number of hydrogen-bond donors (Lipinski definition) is 2. The fourth-order valence-corrected chi connectivity index (χ4v) is 15.1. The van der Waals surface area contributed by atoms with E-state index >= 15 is 0 Å². The van der Waals surface area contributed by atoms with Crippen LogP contribution < -0.4 is 15.7 Å². The van der Waals surface area contributed by atoms with Crippen LogP contribution in [0.2, 0.25) is 5.04 Å². The molecule has 3 amide bonds. The van der Waals surface area contributed by atoms with Gasteiger partial charge in [-0.2, -0.15) is 0 Å². The molecule has 0 radical (unpaired) electrons. The smallest absolute Gasteiger partial charge is 0.407 e. The summed E-state index contributed by atoms with van der Waals surface area (Å²) in [5, 5.41) is 17.2. The monoisotopic (exact) mass is 1070 g/mol. The minimum absolute atomic E-state index is 0.0645. The molecule has 0 aromatic heterocycles. The van der Waals surface area contributed by atoms with Crippen molar-refractivity contribution in [3.8, 4) is 0 Å². The Bertz CT molecular complexity index is 2750. The second-order valence-electron chi connectivity index (χ2n) is 20.2. The first-order valence-electron chi connectivity index (χ1n) is 25.7. The zero-order chi connectivity index (χ0) is 54.3. The van der Waals surface area contributed by atoms with Gasteiger partial charge in [-0.25, -0.2) is 4.79 Å². The molecule has 4 aliphatic heterocycles. The Morgan fingerprint density at radius 2 is 1.26 bits per heavy atom. The van der Waals surface area contributed by atoms with Gasteiger partial charge in [-0.15, -0.1) is 0 Å². The van der Waals surface area contributed by atoms with E-state index in [1.165, 1.54) is 26.0 Å². The number of nitrogens with one attached hydrogen (secondary N) is 1. The second-order valence-corrected chi connectivity index (χ2v) is 24.5. The molecule has 11 atom stereocenters. The van der Waals surface area contributed by atoms with E-state index in [-0.39, 0.29) is 50.5 Å². The quantitative estimate of drug-likeness (QED) is 0.0352. The SMILES string of the molecule is CC(=O)O[C@H]1[C@H]2OC(c3ccccc3)OC[C@H]2O[C@@H](O[C@H]2[C@H](O)[C@@H](N3C(=O)c4ccccc4C3=O)[C@H](OCCCNC(=O)OCc3ccccc3)O[C@@H]2CO[Si](c2ccccc2)(c2ccccc2)C(C)(C)C)[C@@H]1OC(C)=O. The summed E-state index contributed by atoms with van der Waals surface area (Å²) in [5.41, 5.74) is 1.69. The van der Waals surface area contributed by atoms with E-state index in [2.05, 4.69) is 26.1 Å². The summed E-state index contributed by atoms with van der Waals surface area (Å²) < 4.78 is 64.2. The predicted octanol–water partition coefficient (Wildman–Crippen LogP) is 5.73. The predicted molar refractivity (Wildman–Crippen MR) is 279 cm³/mol. The van der Waals surface area contributed by atoms with Crippen molar-refractivity contribution in [3.05, 3.63) is 168 Å². The zero-order valence-electron chi connectivity index (χ0n) is 43.5. The summed E-state index contributed by atoms with van der Waals surface area (Å²) in [6.45, 7) is 8.39. The van der Waals surface area contributed by atoms with Crippen molar-refractivity contribution in [3.63, 3.8) is 0 Å².